The molecule has 0 aromatic heterocycles. The fourth-order valence-corrected chi connectivity index (χ4v) is 0.316. The summed E-state index contributed by atoms with van der Waals surface area (Å²) >= 11 is 0. The third kappa shape index (κ3) is 1.91. The van der Waals surface area contributed by atoms with Gasteiger partial charge in [0.1, 0.15) is 5.84 Å². The Balaban J connectivity index is 4.14. The Labute approximate surface area is 55.5 Å². The first-order valence-corrected chi connectivity index (χ1v) is 3.02. The molecule has 0 unspecified atom stereocenters. The summed E-state index contributed by atoms with van der Waals surface area (Å²) < 4.78 is 0. The Morgan fingerprint density at radius 1 is 1.67 bits per heavy atom. The van der Waals surface area contributed by atoms with Crippen LogP contribution in [0.5, 0.6) is 0 Å². The third-order valence-electron chi connectivity index (χ3n) is 1.69. The molecule has 9 heavy (non-hydrogen) atoms. The van der Waals surface area contributed by atoms with Gasteiger partial charge in [0, 0.05) is 5.41 Å². The zero-order chi connectivity index (χ0) is 7.49. The summed E-state index contributed by atoms with van der Waals surface area (Å²) in [5.41, 5.74) is 5.19. The van der Waals surface area contributed by atoms with Crippen LogP contribution in [0.4, 0.5) is 0 Å². The summed E-state index contributed by atoms with van der Waals surface area (Å²) in [6.45, 7) is 5.86. The van der Waals surface area contributed by atoms with Gasteiger partial charge in [-0.1, -0.05) is 25.9 Å². The number of nitrogens with two attached hydrogens (primary N) is 1. The van der Waals surface area contributed by atoms with Crippen LogP contribution in [0.1, 0.15) is 27.2 Å². The molecule has 0 atom stereocenters. The average molecular weight is 130 g/mol. The van der Waals surface area contributed by atoms with Gasteiger partial charge in [-0.3, -0.25) is 0 Å². The van der Waals surface area contributed by atoms with Crippen LogP contribution in [0.25, 0.3) is 0 Å². The van der Waals surface area contributed by atoms with Crippen LogP contribution < -0.4 is 5.73 Å². The van der Waals surface area contributed by atoms with Crippen LogP contribution >= 0.6 is 0 Å². The van der Waals surface area contributed by atoms with E-state index in [0.717, 1.165) is 6.42 Å². The predicted molar refractivity (Wildman–Crippen MR) is 37.5 cm³/mol. The van der Waals surface area contributed by atoms with Crippen molar-refractivity contribution in [3.8, 4) is 0 Å². The lowest BCUT2D eigenvalue weighted by Gasteiger charge is -2.19. The molecule has 0 saturated carbocycles. The first-order chi connectivity index (χ1) is 4.04. The van der Waals surface area contributed by atoms with Gasteiger partial charge in [0.15, 0.2) is 0 Å². The van der Waals surface area contributed by atoms with E-state index in [1.165, 1.54) is 0 Å². The van der Waals surface area contributed by atoms with E-state index in [9.17, 15) is 0 Å². The highest BCUT2D eigenvalue weighted by atomic mass is 16.4. The zero-order valence-corrected chi connectivity index (χ0v) is 6.18. The summed E-state index contributed by atoms with van der Waals surface area (Å²) in [4.78, 5) is 0. The Morgan fingerprint density at radius 3 is 2.22 bits per heavy atom. The molecule has 3 heteroatoms. The maximum absolute atomic E-state index is 8.26. The van der Waals surface area contributed by atoms with E-state index in [1.54, 1.807) is 0 Å². The number of amidine groups is 1. The summed E-state index contributed by atoms with van der Waals surface area (Å²) in [6.07, 6.45) is 0.878. The van der Waals surface area contributed by atoms with Crippen LogP contribution in [0, 0.1) is 5.41 Å². The second kappa shape index (κ2) is 2.71. The van der Waals surface area contributed by atoms with Crippen LogP contribution in [-0.2, 0) is 0 Å². The van der Waals surface area contributed by atoms with Crippen molar-refractivity contribution in [1.82, 2.24) is 0 Å². The van der Waals surface area contributed by atoms with E-state index in [4.69, 9.17) is 10.9 Å². The molecule has 0 heterocycles. The van der Waals surface area contributed by atoms with E-state index in [2.05, 4.69) is 5.16 Å². The van der Waals surface area contributed by atoms with Gasteiger partial charge in [-0.05, 0) is 6.42 Å². The van der Waals surface area contributed by atoms with Gasteiger partial charge in [0.05, 0.1) is 0 Å². The molecule has 54 valence electrons. The normalized spacial score (nSPS) is 13.9. The monoisotopic (exact) mass is 130 g/mol. The number of oxime groups is 1. The molecule has 0 bridgehead atoms. The molecule has 0 aromatic rings. The number of rotatable bonds is 2. The standard InChI is InChI=1S/C6H14N2O/c1-4-6(2,3)5(7)8-9/h9H,4H2,1-3H3,(H2,7,8). The van der Waals surface area contributed by atoms with Crippen molar-refractivity contribution in [2.24, 2.45) is 16.3 Å². The van der Waals surface area contributed by atoms with Gasteiger partial charge >= 0.3 is 0 Å². The van der Waals surface area contributed by atoms with E-state index >= 15 is 0 Å². The maximum atomic E-state index is 8.26. The molecular formula is C6H14N2O. The number of hydrogen-bond donors (Lipinski definition) is 2. The molecular weight excluding hydrogens is 116 g/mol. The minimum atomic E-state index is -0.172. The lowest BCUT2D eigenvalue weighted by Crippen LogP contribution is -2.30. The highest BCUT2D eigenvalue weighted by Crippen LogP contribution is 2.18. The van der Waals surface area contributed by atoms with Crippen molar-refractivity contribution < 1.29 is 5.21 Å². The van der Waals surface area contributed by atoms with Crippen LogP contribution in [-0.4, -0.2) is 11.0 Å². The Morgan fingerprint density at radius 2 is 2.11 bits per heavy atom. The molecule has 0 radical (unpaired) electrons. The summed E-state index contributed by atoms with van der Waals surface area (Å²) in [7, 11) is 0. The molecule has 0 aliphatic rings. The van der Waals surface area contributed by atoms with Crippen LogP contribution in [0.15, 0.2) is 5.16 Å². The van der Waals surface area contributed by atoms with Crippen LogP contribution in [0.3, 0.4) is 0 Å². The van der Waals surface area contributed by atoms with Crippen molar-refractivity contribution in [2.45, 2.75) is 27.2 Å². The lowest BCUT2D eigenvalue weighted by atomic mass is 9.89. The first-order valence-electron chi connectivity index (χ1n) is 3.02. The van der Waals surface area contributed by atoms with E-state index in [0.29, 0.717) is 5.84 Å². The fourth-order valence-electron chi connectivity index (χ4n) is 0.316. The second-order valence-electron chi connectivity index (χ2n) is 2.72. The maximum Gasteiger partial charge on any atom is 0.144 e. The Kier molecular flexibility index (Phi) is 2.49. The lowest BCUT2D eigenvalue weighted by molar-refractivity contribution is 0.306. The first kappa shape index (κ1) is 8.27. The molecule has 3 N–H and O–H groups in total. The third-order valence-corrected chi connectivity index (χ3v) is 1.69. The fraction of sp³-hybridized carbons (Fsp3) is 0.833. The summed E-state index contributed by atoms with van der Waals surface area (Å²) in [5.74, 6) is 0.296. The van der Waals surface area contributed by atoms with Crippen molar-refractivity contribution in [3.05, 3.63) is 0 Å². The van der Waals surface area contributed by atoms with Crippen molar-refractivity contribution >= 4 is 5.84 Å². The Bertz CT molecular complexity index is 118. The second-order valence-corrected chi connectivity index (χ2v) is 2.72. The van der Waals surface area contributed by atoms with Gasteiger partial charge in [-0.25, -0.2) is 0 Å². The smallest absolute Gasteiger partial charge is 0.144 e. The number of hydrogen-bond acceptors (Lipinski definition) is 2. The van der Waals surface area contributed by atoms with Gasteiger partial charge in [-0.2, -0.15) is 0 Å². The molecule has 0 rings (SSSR count). The largest absolute Gasteiger partial charge is 0.409 e. The van der Waals surface area contributed by atoms with Crippen LogP contribution in [0.2, 0.25) is 0 Å². The van der Waals surface area contributed by atoms with Crippen molar-refractivity contribution in [3.63, 3.8) is 0 Å². The van der Waals surface area contributed by atoms with E-state index < -0.39 is 0 Å². The molecule has 0 saturated heterocycles. The molecule has 0 aliphatic heterocycles. The summed E-state index contributed by atoms with van der Waals surface area (Å²) in [5, 5.41) is 11.2. The molecule has 0 amide bonds. The molecule has 0 aliphatic carbocycles. The van der Waals surface area contributed by atoms with Gasteiger partial charge in [0.2, 0.25) is 0 Å². The highest BCUT2D eigenvalue weighted by molar-refractivity contribution is 5.85. The minimum absolute atomic E-state index is 0.172. The highest BCUT2D eigenvalue weighted by Gasteiger charge is 2.20. The van der Waals surface area contributed by atoms with Gasteiger partial charge in [-0.15, -0.1) is 0 Å². The zero-order valence-electron chi connectivity index (χ0n) is 6.18. The van der Waals surface area contributed by atoms with Crippen molar-refractivity contribution in [2.75, 3.05) is 0 Å². The quantitative estimate of drug-likeness (QED) is 0.255. The molecule has 0 aromatic carbocycles. The summed E-state index contributed by atoms with van der Waals surface area (Å²) in [6, 6.07) is 0. The molecule has 0 fully saturated rings. The van der Waals surface area contributed by atoms with E-state index in [1.807, 2.05) is 20.8 Å². The average Bonchev–Trinajstić information content (AvgIpc) is 1.86. The van der Waals surface area contributed by atoms with Gasteiger partial charge < -0.3 is 10.9 Å². The van der Waals surface area contributed by atoms with E-state index in [-0.39, 0.29) is 5.41 Å². The SMILES string of the molecule is CCC(C)(C)C(N)=NO. The van der Waals surface area contributed by atoms with Gasteiger partial charge in [0.25, 0.3) is 0 Å². The molecule has 3 nitrogen and oxygen atoms in total. The predicted octanol–water partition coefficient (Wildman–Crippen LogP) is 1.17. The molecule has 0 spiro atoms. The number of nitrogens with zero attached hydrogens (tertiary/aromatic N) is 1. The topological polar surface area (TPSA) is 58.6 Å². The minimum Gasteiger partial charge on any atom is -0.409 e. The Hall–Kier alpha value is -0.730. The van der Waals surface area contributed by atoms with Crippen molar-refractivity contribution in [1.29, 1.82) is 0 Å².